The number of aliphatic hydroxyl groups is 1. The average molecular weight is 340 g/mol. The first-order valence-electron chi connectivity index (χ1n) is 9.18. The summed E-state index contributed by atoms with van der Waals surface area (Å²) in [6.45, 7) is 0.394. The molecule has 2 aliphatic rings. The summed E-state index contributed by atoms with van der Waals surface area (Å²) in [5, 5.41) is 14.7. The molecule has 0 saturated heterocycles. The first-order valence-corrected chi connectivity index (χ1v) is 9.18. The monoisotopic (exact) mass is 340 g/mol. The highest BCUT2D eigenvalue weighted by atomic mass is 16.5. The van der Waals surface area contributed by atoms with E-state index < -0.39 is 6.10 Å². The van der Waals surface area contributed by atoms with E-state index in [-0.39, 0.29) is 24.8 Å². The fraction of sp³-hybridized carbons (Fsp3) is 0.500. The van der Waals surface area contributed by atoms with Gasteiger partial charge in [-0.25, -0.2) is 4.68 Å². The Labute approximate surface area is 147 Å². The van der Waals surface area contributed by atoms with E-state index in [9.17, 15) is 9.90 Å². The molecule has 132 valence electrons. The molecule has 4 rings (SSSR count). The Morgan fingerprint density at radius 2 is 2.04 bits per heavy atom. The number of aryl methyl sites for hydroxylation is 3. The molecule has 0 amide bonds. The van der Waals surface area contributed by atoms with Crippen molar-refractivity contribution in [3.8, 4) is 0 Å². The largest absolute Gasteiger partial charge is 0.389 e. The highest BCUT2D eigenvalue weighted by molar-refractivity contribution is 5.31. The van der Waals surface area contributed by atoms with Crippen molar-refractivity contribution in [1.29, 1.82) is 0 Å². The van der Waals surface area contributed by atoms with Crippen LogP contribution in [0.5, 0.6) is 0 Å². The number of fused-ring (bicyclic) bond motifs is 2. The molecule has 0 bridgehead atoms. The second kappa shape index (κ2) is 7.10. The summed E-state index contributed by atoms with van der Waals surface area (Å²) in [6, 6.07) is 10.0. The molecule has 2 atom stereocenters. The molecule has 1 heterocycles. The molecule has 0 radical (unpaired) electrons. The Hall–Kier alpha value is -1.98. The molecular formula is C20H24N2O3. The van der Waals surface area contributed by atoms with Gasteiger partial charge in [0.25, 0.3) is 5.56 Å². The average Bonchev–Trinajstić information content (AvgIpc) is 3.07. The topological polar surface area (TPSA) is 64.4 Å². The van der Waals surface area contributed by atoms with Gasteiger partial charge in [-0.05, 0) is 55.2 Å². The molecule has 1 aromatic carbocycles. The number of hydrogen-bond acceptors (Lipinski definition) is 4. The maximum Gasteiger partial charge on any atom is 0.267 e. The van der Waals surface area contributed by atoms with Crippen molar-refractivity contribution in [3.05, 3.63) is 63.1 Å². The lowest BCUT2D eigenvalue weighted by molar-refractivity contribution is -0.0240. The number of ether oxygens (including phenoxy) is 1. The summed E-state index contributed by atoms with van der Waals surface area (Å²) in [6.07, 6.45) is 5.37. The quantitative estimate of drug-likeness (QED) is 0.906. The Balaban J connectivity index is 1.39. The van der Waals surface area contributed by atoms with Crippen molar-refractivity contribution in [2.45, 2.75) is 57.3 Å². The SMILES string of the molecule is O=c1cc2c(nn1CC(O)COC1CCCc3ccccc31)CCC2. The maximum atomic E-state index is 12.1. The summed E-state index contributed by atoms with van der Waals surface area (Å²) < 4.78 is 7.36. The van der Waals surface area contributed by atoms with Crippen LogP contribution >= 0.6 is 0 Å². The lowest BCUT2D eigenvalue weighted by atomic mass is 9.89. The van der Waals surface area contributed by atoms with Crippen LogP contribution in [0.4, 0.5) is 0 Å². The lowest BCUT2D eigenvalue weighted by Gasteiger charge is -2.26. The van der Waals surface area contributed by atoms with E-state index in [1.54, 1.807) is 6.07 Å². The molecule has 1 N–H and O–H groups in total. The number of aliphatic hydroxyl groups excluding tert-OH is 1. The molecule has 0 aliphatic heterocycles. The zero-order chi connectivity index (χ0) is 17.2. The predicted molar refractivity (Wildman–Crippen MR) is 94.6 cm³/mol. The summed E-state index contributed by atoms with van der Waals surface area (Å²) in [4.78, 5) is 12.1. The van der Waals surface area contributed by atoms with E-state index in [1.807, 2.05) is 6.07 Å². The summed E-state index contributed by atoms with van der Waals surface area (Å²) >= 11 is 0. The van der Waals surface area contributed by atoms with Gasteiger partial charge in [-0.2, -0.15) is 5.10 Å². The molecule has 2 aromatic rings. The summed E-state index contributed by atoms with van der Waals surface area (Å²) in [5.74, 6) is 0. The van der Waals surface area contributed by atoms with E-state index in [0.29, 0.717) is 0 Å². The van der Waals surface area contributed by atoms with Gasteiger partial charge in [0.15, 0.2) is 0 Å². The minimum absolute atomic E-state index is 0.0318. The summed E-state index contributed by atoms with van der Waals surface area (Å²) in [7, 11) is 0. The Morgan fingerprint density at radius 3 is 2.96 bits per heavy atom. The molecular weight excluding hydrogens is 316 g/mol. The molecule has 5 heteroatoms. The summed E-state index contributed by atoms with van der Waals surface area (Å²) in [5.41, 5.74) is 4.49. The van der Waals surface area contributed by atoms with E-state index in [4.69, 9.17) is 4.74 Å². The fourth-order valence-electron chi connectivity index (χ4n) is 3.93. The lowest BCUT2D eigenvalue weighted by Crippen LogP contribution is -2.32. The Bertz CT molecular complexity index is 815. The van der Waals surface area contributed by atoms with Crippen LogP contribution in [0, 0.1) is 0 Å². The molecule has 2 aliphatic carbocycles. The van der Waals surface area contributed by atoms with E-state index >= 15 is 0 Å². The van der Waals surface area contributed by atoms with Gasteiger partial charge in [-0.3, -0.25) is 4.79 Å². The first kappa shape index (κ1) is 16.5. The third-order valence-corrected chi connectivity index (χ3v) is 5.21. The molecule has 5 nitrogen and oxygen atoms in total. The van der Waals surface area contributed by atoms with Crippen LogP contribution in [0.1, 0.15) is 47.8 Å². The first-order chi connectivity index (χ1) is 12.2. The second-order valence-corrected chi connectivity index (χ2v) is 7.06. The van der Waals surface area contributed by atoms with E-state index in [0.717, 1.165) is 49.8 Å². The van der Waals surface area contributed by atoms with Gasteiger partial charge < -0.3 is 9.84 Å². The molecule has 0 fully saturated rings. The Morgan fingerprint density at radius 1 is 1.20 bits per heavy atom. The molecule has 0 saturated carbocycles. The van der Waals surface area contributed by atoms with Crippen molar-refractivity contribution in [1.82, 2.24) is 9.78 Å². The number of rotatable bonds is 5. The molecule has 25 heavy (non-hydrogen) atoms. The van der Waals surface area contributed by atoms with Gasteiger partial charge in [0.1, 0.15) is 0 Å². The fourth-order valence-corrected chi connectivity index (χ4v) is 3.93. The van der Waals surface area contributed by atoms with Gasteiger partial charge in [0, 0.05) is 6.07 Å². The number of nitrogens with zero attached hydrogens (tertiary/aromatic N) is 2. The van der Waals surface area contributed by atoms with Crippen molar-refractivity contribution >= 4 is 0 Å². The second-order valence-electron chi connectivity index (χ2n) is 7.06. The van der Waals surface area contributed by atoms with Gasteiger partial charge in [0.2, 0.25) is 0 Å². The standard InChI is InChI=1S/C20H24N2O3/c23-16(12-22-20(24)11-15-7-3-9-18(15)21-22)13-25-19-10-4-6-14-5-1-2-8-17(14)19/h1-2,5,8,11,16,19,23H,3-4,6-7,9-10,12-13H2. The third-order valence-electron chi connectivity index (χ3n) is 5.21. The zero-order valence-corrected chi connectivity index (χ0v) is 14.4. The highest BCUT2D eigenvalue weighted by Gasteiger charge is 2.22. The van der Waals surface area contributed by atoms with Crippen LogP contribution in [0.2, 0.25) is 0 Å². The smallest absolute Gasteiger partial charge is 0.267 e. The van der Waals surface area contributed by atoms with Gasteiger partial charge in [0.05, 0.1) is 31.1 Å². The van der Waals surface area contributed by atoms with Crippen molar-refractivity contribution in [2.24, 2.45) is 0 Å². The van der Waals surface area contributed by atoms with Crippen LogP contribution in [0.3, 0.4) is 0 Å². The predicted octanol–water partition coefficient (Wildman–Crippen LogP) is 2.19. The van der Waals surface area contributed by atoms with Crippen molar-refractivity contribution < 1.29 is 9.84 Å². The number of benzene rings is 1. The minimum atomic E-state index is -0.737. The highest BCUT2D eigenvalue weighted by Crippen LogP contribution is 2.32. The number of aromatic nitrogens is 2. The molecule has 0 spiro atoms. The van der Waals surface area contributed by atoms with Gasteiger partial charge in [-0.15, -0.1) is 0 Å². The van der Waals surface area contributed by atoms with Crippen molar-refractivity contribution in [3.63, 3.8) is 0 Å². The van der Waals surface area contributed by atoms with Crippen LogP contribution in [-0.2, 0) is 30.5 Å². The van der Waals surface area contributed by atoms with Crippen LogP contribution in [0.25, 0.3) is 0 Å². The van der Waals surface area contributed by atoms with E-state index in [1.165, 1.54) is 15.8 Å². The number of hydrogen-bond donors (Lipinski definition) is 1. The molecule has 2 unspecified atom stereocenters. The zero-order valence-electron chi connectivity index (χ0n) is 14.4. The maximum absolute atomic E-state index is 12.1. The van der Waals surface area contributed by atoms with Crippen LogP contribution in [0.15, 0.2) is 35.1 Å². The van der Waals surface area contributed by atoms with E-state index in [2.05, 4.69) is 23.3 Å². The Kier molecular flexibility index (Phi) is 4.68. The van der Waals surface area contributed by atoms with Crippen LogP contribution in [-0.4, -0.2) is 27.6 Å². The van der Waals surface area contributed by atoms with Crippen LogP contribution < -0.4 is 5.56 Å². The minimum Gasteiger partial charge on any atom is -0.389 e. The van der Waals surface area contributed by atoms with Gasteiger partial charge in [-0.1, -0.05) is 24.3 Å². The normalized spacial score (nSPS) is 20.1. The third kappa shape index (κ3) is 3.53. The van der Waals surface area contributed by atoms with Gasteiger partial charge >= 0.3 is 0 Å². The molecule has 1 aromatic heterocycles. The van der Waals surface area contributed by atoms with Crippen molar-refractivity contribution in [2.75, 3.05) is 6.61 Å².